The highest BCUT2D eigenvalue weighted by Crippen LogP contribution is 2.49. The lowest BCUT2D eigenvalue weighted by Crippen LogP contribution is -2.32. The molecule has 0 aromatic heterocycles. The Morgan fingerprint density at radius 1 is 1.38 bits per heavy atom. The summed E-state index contributed by atoms with van der Waals surface area (Å²) in [7, 11) is 0. The molecular weight excluding hydrogens is 208 g/mol. The van der Waals surface area contributed by atoms with E-state index in [1.54, 1.807) is 0 Å². The first-order valence-corrected chi connectivity index (χ1v) is 6.29. The minimum atomic E-state index is -0.348. The maximum Gasteiger partial charge on any atom is 0.314 e. The first kappa shape index (κ1) is 10.5. The average molecular weight is 226 g/mol. The zero-order chi connectivity index (χ0) is 11.1. The molecule has 0 aromatic carbocycles. The summed E-state index contributed by atoms with van der Waals surface area (Å²) in [5.74, 6) is -0.00724. The van der Waals surface area contributed by atoms with Gasteiger partial charge in [-0.05, 0) is 19.3 Å². The van der Waals surface area contributed by atoms with Crippen LogP contribution in [0.4, 0.5) is 0 Å². The number of carbonyl (C=O) groups is 1. The minimum absolute atomic E-state index is 0.0506. The number of esters is 1. The molecule has 90 valence electrons. The molecule has 5 atom stereocenters. The predicted molar refractivity (Wildman–Crippen MR) is 55.6 cm³/mol. The topological polar surface area (TPSA) is 44.8 Å². The number of hydrogen-bond donors (Lipinski definition) is 0. The zero-order valence-electron chi connectivity index (χ0n) is 9.56. The number of carbonyl (C=O) groups excluding carboxylic acids is 1. The van der Waals surface area contributed by atoms with Crippen LogP contribution in [-0.4, -0.2) is 31.1 Å². The summed E-state index contributed by atoms with van der Waals surface area (Å²) in [6.45, 7) is 2.79. The van der Waals surface area contributed by atoms with Crippen LogP contribution < -0.4 is 0 Å². The summed E-state index contributed by atoms with van der Waals surface area (Å²) in [6, 6.07) is 0. The maximum atomic E-state index is 11.7. The first-order chi connectivity index (χ1) is 7.81. The van der Waals surface area contributed by atoms with Gasteiger partial charge in [0, 0.05) is 0 Å². The summed E-state index contributed by atoms with van der Waals surface area (Å²) in [5, 5.41) is 0. The van der Waals surface area contributed by atoms with Crippen LogP contribution in [0.2, 0.25) is 0 Å². The van der Waals surface area contributed by atoms with Gasteiger partial charge in [0.1, 0.15) is 0 Å². The lowest BCUT2D eigenvalue weighted by Gasteiger charge is -2.21. The highest BCUT2D eigenvalue weighted by molar-refractivity contribution is 5.76. The van der Waals surface area contributed by atoms with Crippen LogP contribution in [0.15, 0.2) is 0 Å². The first-order valence-electron chi connectivity index (χ1n) is 6.29. The van der Waals surface area contributed by atoms with Gasteiger partial charge >= 0.3 is 5.97 Å². The summed E-state index contributed by atoms with van der Waals surface area (Å²) >= 11 is 0. The molecule has 3 rings (SSSR count). The molecule has 3 heterocycles. The SMILES string of the molecule is CCCCO[C@@H]1OC(=O)[C@H]2[C@@H]1[C@@H]1CC[C@H]2O1. The van der Waals surface area contributed by atoms with E-state index in [2.05, 4.69) is 6.92 Å². The van der Waals surface area contributed by atoms with Crippen molar-refractivity contribution in [1.29, 1.82) is 0 Å². The second-order valence-electron chi connectivity index (χ2n) is 4.92. The molecule has 0 unspecified atom stereocenters. The molecule has 4 heteroatoms. The Hall–Kier alpha value is -0.610. The van der Waals surface area contributed by atoms with Crippen molar-refractivity contribution in [2.24, 2.45) is 11.8 Å². The highest BCUT2D eigenvalue weighted by Gasteiger charge is 2.61. The number of rotatable bonds is 4. The second-order valence-corrected chi connectivity index (χ2v) is 4.92. The fourth-order valence-corrected chi connectivity index (χ4v) is 3.13. The van der Waals surface area contributed by atoms with Gasteiger partial charge < -0.3 is 14.2 Å². The lowest BCUT2D eigenvalue weighted by atomic mass is 9.81. The van der Waals surface area contributed by atoms with E-state index in [1.165, 1.54) is 0 Å². The molecule has 3 aliphatic heterocycles. The van der Waals surface area contributed by atoms with Crippen molar-refractivity contribution in [3.63, 3.8) is 0 Å². The van der Waals surface area contributed by atoms with Crippen molar-refractivity contribution in [2.45, 2.75) is 51.1 Å². The molecule has 3 aliphatic rings. The second kappa shape index (κ2) is 4.00. The van der Waals surface area contributed by atoms with Crippen LogP contribution in [-0.2, 0) is 19.0 Å². The molecule has 2 bridgehead atoms. The normalized spacial score (nSPS) is 44.8. The van der Waals surface area contributed by atoms with Gasteiger partial charge in [-0.3, -0.25) is 4.79 Å². The van der Waals surface area contributed by atoms with Gasteiger partial charge in [0.05, 0.1) is 30.7 Å². The number of cyclic esters (lactones) is 1. The largest absolute Gasteiger partial charge is 0.435 e. The Balaban J connectivity index is 1.66. The van der Waals surface area contributed by atoms with Crippen LogP contribution in [0.25, 0.3) is 0 Å². The molecule has 0 amide bonds. The van der Waals surface area contributed by atoms with Gasteiger partial charge in [-0.25, -0.2) is 0 Å². The molecule has 3 saturated heterocycles. The van der Waals surface area contributed by atoms with Crippen molar-refractivity contribution in [2.75, 3.05) is 6.61 Å². The van der Waals surface area contributed by atoms with Crippen molar-refractivity contribution in [3.8, 4) is 0 Å². The molecule has 3 fully saturated rings. The quantitative estimate of drug-likeness (QED) is 0.538. The molecule has 0 N–H and O–H groups in total. The highest BCUT2D eigenvalue weighted by atomic mass is 16.7. The van der Waals surface area contributed by atoms with E-state index in [4.69, 9.17) is 14.2 Å². The number of unbranched alkanes of at least 4 members (excludes halogenated alkanes) is 1. The molecule has 0 radical (unpaired) electrons. The van der Waals surface area contributed by atoms with E-state index in [0.29, 0.717) is 6.61 Å². The average Bonchev–Trinajstić information content (AvgIpc) is 2.92. The van der Waals surface area contributed by atoms with Crippen LogP contribution in [0, 0.1) is 11.8 Å². The van der Waals surface area contributed by atoms with Gasteiger partial charge in [0.2, 0.25) is 6.29 Å². The van der Waals surface area contributed by atoms with E-state index < -0.39 is 0 Å². The van der Waals surface area contributed by atoms with Gasteiger partial charge in [0.15, 0.2) is 0 Å². The Bertz CT molecular complexity index is 291. The fraction of sp³-hybridized carbons (Fsp3) is 0.917. The Labute approximate surface area is 95.2 Å². The smallest absolute Gasteiger partial charge is 0.314 e. The summed E-state index contributed by atoms with van der Waals surface area (Å²) in [5.41, 5.74) is 0. The summed E-state index contributed by atoms with van der Waals surface area (Å²) in [6.07, 6.45) is 4.10. The summed E-state index contributed by atoms with van der Waals surface area (Å²) in [4.78, 5) is 11.7. The van der Waals surface area contributed by atoms with Crippen LogP contribution in [0.1, 0.15) is 32.6 Å². The molecule has 0 aliphatic carbocycles. The Morgan fingerprint density at radius 2 is 2.19 bits per heavy atom. The van der Waals surface area contributed by atoms with Crippen LogP contribution in [0.3, 0.4) is 0 Å². The molecule has 0 saturated carbocycles. The monoisotopic (exact) mass is 226 g/mol. The third kappa shape index (κ3) is 1.47. The standard InChI is InChI=1S/C12H18O4/c1-2-3-6-14-12-10-8-5-4-7(15-8)9(10)11(13)16-12/h7-10,12H,2-6H2,1H3/t7-,8+,9-,10+,12-/m1/s1. The molecular formula is C12H18O4. The van der Waals surface area contributed by atoms with Crippen molar-refractivity contribution in [1.82, 2.24) is 0 Å². The van der Waals surface area contributed by atoms with E-state index in [9.17, 15) is 4.79 Å². The Morgan fingerprint density at radius 3 is 3.00 bits per heavy atom. The third-order valence-electron chi connectivity index (χ3n) is 3.93. The molecule has 16 heavy (non-hydrogen) atoms. The molecule has 0 spiro atoms. The van der Waals surface area contributed by atoms with Gasteiger partial charge in [0.25, 0.3) is 0 Å². The van der Waals surface area contributed by atoms with Gasteiger partial charge in [-0.2, -0.15) is 0 Å². The van der Waals surface area contributed by atoms with Crippen molar-refractivity contribution >= 4 is 5.97 Å². The van der Waals surface area contributed by atoms with Crippen molar-refractivity contribution in [3.05, 3.63) is 0 Å². The predicted octanol–water partition coefficient (Wildman–Crippen LogP) is 1.48. The number of ether oxygens (including phenoxy) is 3. The Kier molecular flexibility index (Phi) is 2.64. The lowest BCUT2D eigenvalue weighted by molar-refractivity contribution is -0.174. The van der Waals surface area contributed by atoms with Gasteiger partial charge in [-0.1, -0.05) is 13.3 Å². The van der Waals surface area contributed by atoms with Crippen molar-refractivity contribution < 1.29 is 19.0 Å². The van der Waals surface area contributed by atoms with Gasteiger partial charge in [-0.15, -0.1) is 0 Å². The maximum absolute atomic E-state index is 11.7. The summed E-state index contributed by atoms with van der Waals surface area (Å²) < 4.78 is 16.7. The van der Waals surface area contributed by atoms with E-state index in [1.807, 2.05) is 0 Å². The molecule has 4 nitrogen and oxygen atoms in total. The molecule has 0 aromatic rings. The van der Waals surface area contributed by atoms with E-state index >= 15 is 0 Å². The van der Waals surface area contributed by atoms with Crippen LogP contribution >= 0.6 is 0 Å². The third-order valence-corrected chi connectivity index (χ3v) is 3.93. The zero-order valence-corrected chi connectivity index (χ0v) is 9.56. The minimum Gasteiger partial charge on any atom is -0.435 e. The fourth-order valence-electron chi connectivity index (χ4n) is 3.13. The van der Waals surface area contributed by atoms with Crippen LogP contribution in [0.5, 0.6) is 0 Å². The number of fused-ring (bicyclic) bond motifs is 5. The van der Waals surface area contributed by atoms with E-state index in [-0.39, 0.29) is 36.3 Å². The number of hydrogen-bond acceptors (Lipinski definition) is 4. The van der Waals surface area contributed by atoms with E-state index in [0.717, 1.165) is 25.7 Å².